The summed E-state index contributed by atoms with van der Waals surface area (Å²) in [5.74, 6) is 0.188. The zero-order valence-corrected chi connectivity index (χ0v) is 18.0. The van der Waals surface area contributed by atoms with E-state index in [1.54, 1.807) is 11.0 Å². The summed E-state index contributed by atoms with van der Waals surface area (Å²) in [6.45, 7) is 5.29. The minimum Gasteiger partial charge on any atom is -0.496 e. The van der Waals surface area contributed by atoms with Crippen molar-refractivity contribution in [2.45, 2.75) is 44.0 Å². The zero-order chi connectivity index (χ0) is 21.0. The topological polar surface area (TPSA) is 75.7 Å². The Kier molecular flexibility index (Phi) is 6.59. The number of methoxy groups -OCH3 is 1. The van der Waals surface area contributed by atoms with Crippen molar-refractivity contribution in [3.8, 4) is 5.75 Å². The van der Waals surface area contributed by atoms with Crippen molar-refractivity contribution in [1.82, 2.24) is 9.62 Å². The molecule has 1 atom stereocenters. The molecule has 1 aliphatic rings. The number of hydrogen-bond donors (Lipinski definition) is 1. The fraction of sp³-hybridized carbons (Fsp3) is 0.409. The molecule has 7 heteroatoms. The highest BCUT2D eigenvalue weighted by Gasteiger charge is 2.26. The van der Waals surface area contributed by atoms with Crippen LogP contribution in [0.1, 0.15) is 53.7 Å². The van der Waals surface area contributed by atoms with Crippen molar-refractivity contribution in [3.63, 3.8) is 0 Å². The van der Waals surface area contributed by atoms with E-state index in [2.05, 4.69) is 4.72 Å². The van der Waals surface area contributed by atoms with Crippen LogP contribution in [0.25, 0.3) is 0 Å². The number of carbonyl (C=O) groups excluding carboxylic acids is 1. The molecule has 0 radical (unpaired) electrons. The quantitative estimate of drug-likeness (QED) is 0.747. The van der Waals surface area contributed by atoms with Crippen LogP contribution < -0.4 is 9.46 Å². The first-order valence-electron chi connectivity index (χ1n) is 9.92. The summed E-state index contributed by atoms with van der Waals surface area (Å²) < 4.78 is 34.2. The van der Waals surface area contributed by atoms with Crippen molar-refractivity contribution in [2.75, 3.05) is 20.2 Å². The number of rotatable bonds is 7. The van der Waals surface area contributed by atoms with Crippen LogP contribution in [0.15, 0.2) is 47.4 Å². The van der Waals surface area contributed by atoms with E-state index in [1.807, 2.05) is 38.1 Å². The van der Waals surface area contributed by atoms with E-state index in [9.17, 15) is 13.2 Å². The molecule has 29 heavy (non-hydrogen) atoms. The van der Waals surface area contributed by atoms with Gasteiger partial charge in [0.15, 0.2) is 0 Å². The second-order valence-corrected chi connectivity index (χ2v) is 9.07. The highest BCUT2D eigenvalue weighted by Crippen LogP contribution is 2.27. The van der Waals surface area contributed by atoms with Gasteiger partial charge in [0.2, 0.25) is 10.0 Å². The Morgan fingerprint density at radius 3 is 2.38 bits per heavy atom. The summed E-state index contributed by atoms with van der Waals surface area (Å²) in [5, 5.41) is 0. The molecule has 0 spiro atoms. The summed E-state index contributed by atoms with van der Waals surface area (Å²) in [6.07, 6.45) is 2.53. The lowest BCUT2D eigenvalue weighted by molar-refractivity contribution is 0.0789. The number of hydrogen-bond acceptors (Lipinski definition) is 4. The predicted octanol–water partition coefficient (Wildman–Crippen LogP) is 3.67. The average Bonchev–Trinajstić information content (AvgIpc) is 3.26. The Labute approximate surface area is 172 Å². The first-order chi connectivity index (χ1) is 13.9. The maximum atomic E-state index is 13.1. The number of nitrogens with zero attached hydrogens (tertiary/aromatic N) is 1. The minimum atomic E-state index is -3.81. The Morgan fingerprint density at radius 2 is 1.79 bits per heavy atom. The number of nitrogens with one attached hydrogen (secondary N) is 1. The SMILES string of the molecule is CCC(NS(=O)(=O)c1ccc(OC)c(C(=O)N2CCCC2)c1)c1ccc(C)cc1. The molecule has 0 aromatic heterocycles. The Bertz CT molecular complexity index is 965. The number of likely N-dealkylation sites (tertiary alicyclic amines) is 1. The molecule has 2 aromatic rings. The molecule has 0 saturated carbocycles. The summed E-state index contributed by atoms with van der Waals surface area (Å²) in [5.41, 5.74) is 2.30. The van der Waals surface area contributed by atoms with Gasteiger partial charge in [-0.15, -0.1) is 0 Å². The fourth-order valence-corrected chi connectivity index (χ4v) is 4.89. The van der Waals surface area contributed by atoms with Crippen molar-refractivity contribution < 1.29 is 17.9 Å². The first-order valence-corrected chi connectivity index (χ1v) is 11.4. The van der Waals surface area contributed by atoms with Crippen molar-refractivity contribution in [3.05, 3.63) is 59.2 Å². The maximum Gasteiger partial charge on any atom is 0.257 e. The van der Waals surface area contributed by atoms with Gasteiger partial charge in [-0.05, 0) is 49.9 Å². The lowest BCUT2D eigenvalue weighted by Crippen LogP contribution is -2.30. The van der Waals surface area contributed by atoms with Crippen LogP contribution >= 0.6 is 0 Å². The number of aryl methyl sites for hydroxylation is 1. The Hall–Kier alpha value is -2.38. The van der Waals surface area contributed by atoms with Gasteiger partial charge in [0, 0.05) is 19.1 Å². The largest absolute Gasteiger partial charge is 0.496 e. The maximum absolute atomic E-state index is 13.1. The van der Waals surface area contributed by atoms with Gasteiger partial charge >= 0.3 is 0 Å². The molecule has 1 heterocycles. The number of amides is 1. The molecule has 1 N–H and O–H groups in total. The molecule has 6 nitrogen and oxygen atoms in total. The van der Waals surface area contributed by atoms with Gasteiger partial charge in [0.25, 0.3) is 5.91 Å². The lowest BCUT2D eigenvalue weighted by Gasteiger charge is -2.20. The van der Waals surface area contributed by atoms with E-state index < -0.39 is 10.0 Å². The van der Waals surface area contributed by atoms with Gasteiger partial charge in [-0.3, -0.25) is 4.79 Å². The second-order valence-electron chi connectivity index (χ2n) is 7.35. The van der Waals surface area contributed by atoms with Gasteiger partial charge in [-0.1, -0.05) is 36.8 Å². The van der Waals surface area contributed by atoms with E-state index in [-0.39, 0.29) is 22.4 Å². The molecular weight excluding hydrogens is 388 g/mol. The van der Waals surface area contributed by atoms with Crippen LogP contribution in [0.5, 0.6) is 5.75 Å². The molecule has 2 aromatic carbocycles. The smallest absolute Gasteiger partial charge is 0.257 e. The summed E-state index contributed by atoms with van der Waals surface area (Å²) in [6, 6.07) is 11.9. The lowest BCUT2D eigenvalue weighted by atomic mass is 10.0. The van der Waals surface area contributed by atoms with Crippen LogP contribution in [-0.2, 0) is 10.0 Å². The fourth-order valence-electron chi connectivity index (χ4n) is 3.55. The number of benzene rings is 2. The van der Waals surface area contributed by atoms with Crippen LogP contribution in [0.4, 0.5) is 0 Å². The van der Waals surface area contributed by atoms with Crippen LogP contribution in [-0.4, -0.2) is 39.4 Å². The van der Waals surface area contributed by atoms with Gasteiger partial charge in [-0.2, -0.15) is 0 Å². The van der Waals surface area contributed by atoms with Gasteiger partial charge < -0.3 is 9.64 Å². The Morgan fingerprint density at radius 1 is 1.14 bits per heavy atom. The molecular formula is C22H28N2O4S. The monoisotopic (exact) mass is 416 g/mol. The van der Waals surface area contributed by atoms with Gasteiger partial charge in [0.1, 0.15) is 5.75 Å². The van der Waals surface area contributed by atoms with Crippen LogP contribution in [0, 0.1) is 6.92 Å². The van der Waals surface area contributed by atoms with Crippen molar-refractivity contribution in [1.29, 1.82) is 0 Å². The van der Waals surface area contributed by atoms with Crippen molar-refractivity contribution >= 4 is 15.9 Å². The van der Waals surface area contributed by atoms with Gasteiger partial charge in [0.05, 0.1) is 17.6 Å². The standard InChI is InChI=1S/C22H28N2O4S/c1-4-20(17-9-7-16(2)8-10-17)23-29(26,27)18-11-12-21(28-3)19(15-18)22(25)24-13-5-6-14-24/h7-12,15,20,23H,4-6,13-14H2,1-3H3. The number of carbonyl (C=O) groups is 1. The molecule has 3 rings (SSSR count). The molecule has 1 fully saturated rings. The zero-order valence-electron chi connectivity index (χ0n) is 17.1. The summed E-state index contributed by atoms with van der Waals surface area (Å²) >= 11 is 0. The molecule has 0 aliphatic carbocycles. The van der Waals surface area contributed by atoms with Crippen LogP contribution in [0.2, 0.25) is 0 Å². The van der Waals surface area contributed by atoms with E-state index in [4.69, 9.17) is 4.74 Å². The van der Waals surface area contributed by atoms with E-state index in [0.717, 1.165) is 24.0 Å². The third-order valence-electron chi connectivity index (χ3n) is 5.29. The van der Waals surface area contributed by atoms with Gasteiger partial charge in [-0.25, -0.2) is 13.1 Å². The van der Waals surface area contributed by atoms with E-state index in [0.29, 0.717) is 25.3 Å². The highest BCUT2D eigenvalue weighted by molar-refractivity contribution is 7.89. The second kappa shape index (κ2) is 8.97. The predicted molar refractivity (Wildman–Crippen MR) is 113 cm³/mol. The first kappa shape index (κ1) is 21.3. The molecule has 1 saturated heterocycles. The molecule has 1 amide bonds. The molecule has 1 aliphatic heterocycles. The number of sulfonamides is 1. The summed E-state index contributed by atoms with van der Waals surface area (Å²) in [7, 11) is -2.33. The highest BCUT2D eigenvalue weighted by atomic mass is 32.2. The van der Waals surface area contributed by atoms with E-state index >= 15 is 0 Å². The summed E-state index contributed by atoms with van der Waals surface area (Å²) in [4.78, 5) is 14.7. The number of ether oxygens (including phenoxy) is 1. The normalized spacial score (nSPS) is 15.3. The molecule has 1 unspecified atom stereocenters. The van der Waals surface area contributed by atoms with Crippen LogP contribution in [0.3, 0.4) is 0 Å². The molecule has 156 valence electrons. The minimum absolute atomic E-state index is 0.0615. The third kappa shape index (κ3) is 4.79. The molecule has 0 bridgehead atoms. The third-order valence-corrected chi connectivity index (χ3v) is 6.76. The van der Waals surface area contributed by atoms with Crippen molar-refractivity contribution in [2.24, 2.45) is 0 Å². The average molecular weight is 417 g/mol. The Balaban J connectivity index is 1.90. The van der Waals surface area contributed by atoms with E-state index in [1.165, 1.54) is 19.2 Å².